The molecule has 0 aliphatic carbocycles. The van der Waals surface area contributed by atoms with Crippen LogP contribution in [-0.4, -0.2) is 15.3 Å². The van der Waals surface area contributed by atoms with Crippen molar-refractivity contribution in [2.24, 2.45) is 0 Å². The molecule has 0 radical (unpaired) electrons. The van der Waals surface area contributed by atoms with Gasteiger partial charge in [-0.05, 0) is 23.7 Å². The molecule has 0 aromatic carbocycles. The monoisotopic (exact) mass is 185 g/mol. The van der Waals surface area contributed by atoms with E-state index in [4.69, 9.17) is 20.6 Å². The van der Waals surface area contributed by atoms with Crippen molar-refractivity contribution >= 4 is 11.6 Å². The second-order valence-electron chi connectivity index (χ2n) is 2.20. The van der Waals surface area contributed by atoms with Gasteiger partial charge in [-0.1, -0.05) is 5.16 Å². The highest BCUT2D eigenvalue weighted by atomic mass is 35.5. The summed E-state index contributed by atoms with van der Waals surface area (Å²) in [7, 11) is 0. The van der Waals surface area contributed by atoms with Crippen molar-refractivity contribution < 1.29 is 9.05 Å². The second kappa shape index (κ2) is 2.60. The molecule has 0 saturated heterocycles. The van der Waals surface area contributed by atoms with E-state index in [9.17, 15) is 0 Å². The lowest BCUT2D eigenvalue weighted by molar-refractivity contribution is 0.383. The summed E-state index contributed by atoms with van der Waals surface area (Å²) in [4.78, 5) is 3.75. The van der Waals surface area contributed by atoms with Crippen molar-refractivity contribution in [2.75, 3.05) is 0 Å². The van der Waals surface area contributed by atoms with Gasteiger partial charge in [0.15, 0.2) is 0 Å². The third-order valence-electron chi connectivity index (χ3n) is 1.24. The number of rotatable bonds is 1. The molecule has 2 heterocycles. The summed E-state index contributed by atoms with van der Waals surface area (Å²) in [5.41, 5.74) is 0.749. The molecule has 0 N–H and O–H groups in total. The first kappa shape index (κ1) is 7.30. The molecule has 0 saturated carbocycles. The van der Waals surface area contributed by atoms with Gasteiger partial charge in [-0.15, -0.1) is 0 Å². The fraction of sp³-hybridized carbons (Fsp3) is 0.167. The molecule has 0 atom stereocenters. The van der Waals surface area contributed by atoms with Gasteiger partial charge in [0.2, 0.25) is 5.76 Å². The van der Waals surface area contributed by atoms with E-state index in [1.54, 1.807) is 13.0 Å². The molecule has 5 nitrogen and oxygen atoms in total. The fourth-order valence-electron chi connectivity index (χ4n) is 0.770. The lowest BCUT2D eigenvalue weighted by Gasteiger charge is -1.78. The molecular weight excluding hydrogens is 182 g/mol. The van der Waals surface area contributed by atoms with Gasteiger partial charge in [0.05, 0.1) is 5.69 Å². The van der Waals surface area contributed by atoms with Gasteiger partial charge in [0.1, 0.15) is 0 Å². The largest absolute Gasteiger partial charge is 0.351 e. The molecule has 0 fully saturated rings. The number of halogens is 1. The molecular formula is C6H4ClN3O2. The van der Waals surface area contributed by atoms with E-state index in [-0.39, 0.29) is 11.2 Å². The number of aromatic nitrogens is 3. The number of hydrogen-bond donors (Lipinski definition) is 0. The predicted molar refractivity (Wildman–Crippen MR) is 39.5 cm³/mol. The summed E-state index contributed by atoms with van der Waals surface area (Å²) >= 11 is 5.44. The Morgan fingerprint density at radius 1 is 1.33 bits per heavy atom. The zero-order valence-corrected chi connectivity index (χ0v) is 6.87. The normalized spacial score (nSPS) is 10.5. The Hall–Kier alpha value is -1.36. The summed E-state index contributed by atoms with van der Waals surface area (Å²) in [6.45, 7) is 1.80. The molecule has 0 aliphatic rings. The summed E-state index contributed by atoms with van der Waals surface area (Å²) in [6.07, 6.45) is 0. The highest BCUT2D eigenvalue weighted by Crippen LogP contribution is 2.18. The first-order chi connectivity index (χ1) is 5.75. The zero-order chi connectivity index (χ0) is 8.55. The van der Waals surface area contributed by atoms with E-state index < -0.39 is 0 Å². The van der Waals surface area contributed by atoms with Gasteiger partial charge in [0.25, 0.3) is 11.2 Å². The van der Waals surface area contributed by atoms with Crippen LogP contribution in [0.1, 0.15) is 5.69 Å². The quantitative estimate of drug-likeness (QED) is 0.676. The Kier molecular flexibility index (Phi) is 1.58. The molecule has 0 unspecified atom stereocenters. The molecule has 12 heavy (non-hydrogen) atoms. The average molecular weight is 186 g/mol. The minimum Gasteiger partial charge on any atom is -0.351 e. The summed E-state index contributed by atoms with van der Waals surface area (Å²) in [5, 5.41) is 7.10. The average Bonchev–Trinajstić information content (AvgIpc) is 2.58. The SMILES string of the molecule is Cc1cc(-c2nc(Cl)no2)on1. The molecule has 0 bridgehead atoms. The van der Waals surface area contributed by atoms with Crippen LogP contribution in [-0.2, 0) is 0 Å². The van der Waals surface area contributed by atoms with E-state index in [2.05, 4.69) is 15.3 Å². The van der Waals surface area contributed by atoms with Crippen LogP contribution >= 0.6 is 11.6 Å². The van der Waals surface area contributed by atoms with Crippen LogP contribution in [0.25, 0.3) is 11.7 Å². The van der Waals surface area contributed by atoms with Crippen LogP contribution in [0.15, 0.2) is 15.1 Å². The van der Waals surface area contributed by atoms with Gasteiger partial charge in [-0.3, -0.25) is 0 Å². The topological polar surface area (TPSA) is 65.0 Å². The third-order valence-corrected chi connectivity index (χ3v) is 1.39. The van der Waals surface area contributed by atoms with Crippen molar-refractivity contribution in [1.82, 2.24) is 15.3 Å². The van der Waals surface area contributed by atoms with Crippen molar-refractivity contribution in [1.29, 1.82) is 0 Å². The maximum absolute atomic E-state index is 5.44. The molecule has 2 rings (SSSR count). The van der Waals surface area contributed by atoms with Crippen molar-refractivity contribution in [3.8, 4) is 11.7 Å². The van der Waals surface area contributed by atoms with E-state index in [0.29, 0.717) is 5.76 Å². The Morgan fingerprint density at radius 3 is 2.67 bits per heavy atom. The van der Waals surface area contributed by atoms with E-state index >= 15 is 0 Å². The minimum absolute atomic E-state index is 0.0547. The van der Waals surface area contributed by atoms with Crippen LogP contribution in [0.4, 0.5) is 0 Å². The Bertz CT molecular complexity index is 357. The smallest absolute Gasteiger partial charge is 0.297 e. The first-order valence-corrected chi connectivity index (χ1v) is 3.56. The van der Waals surface area contributed by atoms with Gasteiger partial charge in [-0.2, -0.15) is 4.98 Å². The summed E-state index contributed by atoms with van der Waals surface area (Å²) in [5.74, 6) is 0.660. The van der Waals surface area contributed by atoms with Crippen LogP contribution in [0.5, 0.6) is 0 Å². The first-order valence-electron chi connectivity index (χ1n) is 3.18. The molecule has 0 spiro atoms. The third kappa shape index (κ3) is 1.18. The Labute approximate surface area is 72.3 Å². The van der Waals surface area contributed by atoms with E-state index in [1.165, 1.54) is 0 Å². The maximum atomic E-state index is 5.44. The van der Waals surface area contributed by atoms with Crippen molar-refractivity contribution in [2.45, 2.75) is 6.92 Å². The summed E-state index contributed by atoms with van der Waals surface area (Å²) in [6, 6.07) is 1.68. The molecule has 2 aromatic heterocycles. The number of aryl methyl sites for hydroxylation is 1. The second-order valence-corrected chi connectivity index (χ2v) is 2.54. The van der Waals surface area contributed by atoms with Gasteiger partial charge >= 0.3 is 0 Å². The lowest BCUT2D eigenvalue weighted by atomic mass is 10.4. The zero-order valence-electron chi connectivity index (χ0n) is 6.11. The van der Waals surface area contributed by atoms with Crippen molar-refractivity contribution in [3.63, 3.8) is 0 Å². The number of hydrogen-bond acceptors (Lipinski definition) is 5. The summed E-state index contributed by atoms with van der Waals surface area (Å²) < 4.78 is 9.60. The maximum Gasteiger partial charge on any atom is 0.297 e. The Morgan fingerprint density at radius 2 is 2.17 bits per heavy atom. The van der Waals surface area contributed by atoms with Gasteiger partial charge in [-0.25, -0.2) is 0 Å². The van der Waals surface area contributed by atoms with E-state index in [0.717, 1.165) is 5.69 Å². The number of nitrogens with zero attached hydrogens (tertiary/aromatic N) is 3. The van der Waals surface area contributed by atoms with Crippen LogP contribution in [0, 0.1) is 6.92 Å². The van der Waals surface area contributed by atoms with Gasteiger partial charge < -0.3 is 9.05 Å². The molecule has 6 heteroatoms. The van der Waals surface area contributed by atoms with Crippen LogP contribution < -0.4 is 0 Å². The minimum atomic E-state index is 0.0547. The van der Waals surface area contributed by atoms with E-state index in [1.807, 2.05) is 0 Å². The Balaban J connectivity index is 2.43. The standard InChI is InChI=1S/C6H4ClN3O2/c1-3-2-4(11-9-3)5-8-6(7)10-12-5/h2H,1H3. The predicted octanol–water partition coefficient (Wildman–Crippen LogP) is 1.69. The fourth-order valence-corrected chi connectivity index (χ4v) is 0.881. The van der Waals surface area contributed by atoms with Crippen LogP contribution in [0.3, 0.4) is 0 Å². The molecule has 0 aliphatic heterocycles. The lowest BCUT2D eigenvalue weighted by Crippen LogP contribution is -1.70. The molecule has 2 aromatic rings. The van der Waals surface area contributed by atoms with Crippen molar-refractivity contribution in [3.05, 3.63) is 17.0 Å². The van der Waals surface area contributed by atoms with Crippen LogP contribution in [0.2, 0.25) is 5.28 Å². The highest BCUT2D eigenvalue weighted by Gasteiger charge is 2.11. The highest BCUT2D eigenvalue weighted by molar-refractivity contribution is 6.28. The molecule has 0 amide bonds. The van der Waals surface area contributed by atoms with Gasteiger partial charge in [0, 0.05) is 6.07 Å². The molecule has 62 valence electrons.